The second-order valence-electron chi connectivity index (χ2n) is 4.33. The van der Waals surface area contributed by atoms with Gasteiger partial charge in [-0.2, -0.15) is 0 Å². The third-order valence-electron chi connectivity index (χ3n) is 2.71. The molecule has 0 spiro atoms. The number of hydrogen-bond acceptors (Lipinski definition) is 4. The fourth-order valence-electron chi connectivity index (χ4n) is 1.83. The lowest BCUT2D eigenvalue weighted by Gasteiger charge is -2.17. The summed E-state index contributed by atoms with van der Waals surface area (Å²) in [6.07, 6.45) is 1.79. The molecule has 0 radical (unpaired) electrons. The summed E-state index contributed by atoms with van der Waals surface area (Å²) in [7, 11) is 0. The highest BCUT2D eigenvalue weighted by Crippen LogP contribution is 2.17. The fourth-order valence-corrected chi connectivity index (χ4v) is 1.83. The van der Waals surface area contributed by atoms with Crippen LogP contribution in [-0.2, 0) is 16.0 Å². The Labute approximate surface area is 114 Å². The van der Waals surface area contributed by atoms with E-state index in [0.29, 0.717) is 25.3 Å². The normalized spacial score (nSPS) is 11.9. The zero-order valence-electron chi connectivity index (χ0n) is 11.7. The standard InChI is InChI=1S/C15H23NO3/c1-3-6-14(15(17)18-4-2)19-13-8-5-7-12(11-13)9-10-16/h5,7-8,11,14H,3-4,6,9-10,16H2,1-2H3. The molecule has 2 N–H and O–H groups in total. The topological polar surface area (TPSA) is 61.5 Å². The Morgan fingerprint density at radius 3 is 2.79 bits per heavy atom. The molecule has 1 aromatic carbocycles. The third kappa shape index (κ3) is 5.30. The van der Waals surface area contributed by atoms with Crippen LogP contribution in [0.5, 0.6) is 5.75 Å². The van der Waals surface area contributed by atoms with Gasteiger partial charge in [0.15, 0.2) is 6.10 Å². The summed E-state index contributed by atoms with van der Waals surface area (Å²) in [5.41, 5.74) is 6.64. The summed E-state index contributed by atoms with van der Waals surface area (Å²) < 4.78 is 10.8. The van der Waals surface area contributed by atoms with Gasteiger partial charge in [-0.3, -0.25) is 0 Å². The Balaban J connectivity index is 2.72. The van der Waals surface area contributed by atoms with E-state index in [-0.39, 0.29) is 5.97 Å². The number of carbonyl (C=O) groups excluding carboxylic acids is 1. The minimum atomic E-state index is -0.530. The molecule has 0 heterocycles. The molecular weight excluding hydrogens is 242 g/mol. The minimum Gasteiger partial charge on any atom is -0.479 e. The number of carbonyl (C=O) groups is 1. The van der Waals surface area contributed by atoms with Gasteiger partial charge < -0.3 is 15.2 Å². The summed E-state index contributed by atoms with van der Waals surface area (Å²) in [5, 5.41) is 0. The SMILES string of the molecule is CCCC(Oc1cccc(CCN)c1)C(=O)OCC. The summed E-state index contributed by atoms with van der Waals surface area (Å²) in [6, 6.07) is 7.68. The predicted octanol–water partition coefficient (Wildman–Crippen LogP) is 2.30. The molecule has 106 valence electrons. The van der Waals surface area contributed by atoms with Crippen LogP contribution in [0.2, 0.25) is 0 Å². The smallest absolute Gasteiger partial charge is 0.347 e. The van der Waals surface area contributed by atoms with Gasteiger partial charge in [-0.05, 0) is 44.0 Å². The first-order valence-corrected chi connectivity index (χ1v) is 6.83. The molecular formula is C15H23NO3. The van der Waals surface area contributed by atoms with Gasteiger partial charge in [0.25, 0.3) is 0 Å². The highest BCUT2D eigenvalue weighted by atomic mass is 16.6. The number of esters is 1. The van der Waals surface area contributed by atoms with Crippen LogP contribution in [0.15, 0.2) is 24.3 Å². The Hall–Kier alpha value is -1.55. The second kappa shape index (κ2) is 8.53. The third-order valence-corrected chi connectivity index (χ3v) is 2.71. The monoisotopic (exact) mass is 265 g/mol. The van der Waals surface area contributed by atoms with Crippen molar-refractivity contribution in [1.29, 1.82) is 0 Å². The van der Waals surface area contributed by atoms with E-state index in [9.17, 15) is 4.79 Å². The molecule has 1 unspecified atom stereocenters. The van der Waals surface area contributed by atoms with Crippen LogP contribution < -0.4 is 10.5 Å². The van der Waals surface area contributed by atoms with Gasteiger partial charge in [0.2, 0.25) is 0 Å². The van der Waals surface area contributed by atoms with Crippen molar-refractivity contribution in [2.45, 2.75) is 39.2 Å². The van der Waals surface area contributed by atoms with Gasteiger partial charge >= 0.3 is 5.97 Å². The van der Waals surface area contributed by atoms with Crippen molar-refractivity contribution < 1.29 is 14.3 Å². The van der Waals surface area contributed by atoms with Crippen molar-refractivity contribution in [3.8, 4) is 5.75 Å². The first-order chi connectivity index (χ1) is 9.21. The molecule has 19 heavy (non-hydrogen) atoms. The molecule has 1 aromatic rings. The van der Waals surface area contributed by atoms with Crippen LogP contribution >= 0.6 is 0 Å². The Morgan fingerprint density at radius 1 is 1.37 bits per heavy atom. The lowest BCUT2D eigenvalue weighted by molar-refractivity contribution is -0.151. The van der Waals surface area contributed by atoms with Gasteiger partial charge in [-0.25, -0.2) is 4.79 Å². The number of benzene rings is 1. The molecule has 0 fully saturated rings. The van der Waals surface area contributed by atoms with Crippen molar-refractivity contribution in [3.05, 3.63) is 29.8 Å². The molecule has 4 heteroatoms. The van der Waals surface area contributed by atoms with E-state index < -0.39 is 6.10 Å². The van der Waals surface area contributed by atoms with E-state index in [0.717, 1.165) is 18.4 Å². The van der Waals surface area contributed by atoms with Crippen LogP contribution in [0.3, 0.4) is 0 Å². The van der Waals surface area contributed by atoms with Crippen molar-refractivity contribution >= 4 is 5.97 Å². The van der Waals surface area contributed by atoms with Crippen molar-refractivity contribution in [2.24, 2.45) is 5.73 Å². The van der Waals surface area contributed by atoms with E-state index in [2.05, 4.69) is 0 Å². The summed E-state index contributed by atoms with van der Waals surface area (Å²) in [5.74, 6) is 0.394. The van der Waals surface area contributed by atoms with Gasteiger partial charge in [0.05, 0.1) is 6.61 Å². The van der Waals surface area contributed by atoms with Crippen LogP contribution in [0, 0.1) is 0 Å². The van der Waals surface area contributed by atoms with E-state index in [1.807, 2.05) is 31.2 Å². The van der Waals surface area contributed by atoms with Crippen molar-refractivity contribution in [1.82, 2.24) is 0 Å². The largest absolute Gasteiger partial charge is 0.479 e. The first kappa shape index (κ1) is 15.5. The number of ether oxygens (including phenoxy) is 2. The van der Waals surface area contributed by atoms with Crippen molar-refractivity contribution in [3.63, 3.8) is 0 Å². The molecule has 0 aliphatic carbocycles. The molecule has 0 saturated heterocycles. The lowest BCUT2D eigenvalue weighted by Crippen LogP contribution is -2.29. The molecule has 0 aliphatic rings. The van der Waals surface area contributed by atoms with Crippen LogP contribution in [-0.4, -0.2) is 25.2 Å². The zero-order valence-corrected chi connectivity index (χ0v) is 11.7. The minimum absolute atomic E-state index is 0.298. The Bertz CT molecular complexity index is 393. The lowest BCUT2D eigenvalue weighted by atomic mass is 10.1. The average molecular weight is 265 g/mol. The van der Waals surface area contributed by atoms with Crippen LogP contribution in [0.25, 0.3) is 0 Å². The van der Waals surface area contributed by atoms with E-state index in [4.69, 9.17) is 15.2 Å². The molecule has 4 nitrogen and oxygen atoms in total. The maximum atomic E-state index is 11.8. The fraction of sp³-hybridized carbons (Fsp3) is 0.533. The predicted molar refractivity (Wildman–Crippen MR) is 75.2 cm³/mol. The van der Waals surface area contributed by atoms with E-state index in [1.54, 1.807) is 6.92 Å². The summed E-state index contributed by atoms with van der Waals surface area (Å²) in [4.78, 5) is 11.8. The van der Waals surface area contributed by atoms with Crippen LogP contribution in [0.4, 0.5) is 0 Å². The van der Waals surface area contributed by atoms with Crippen LogP contribution in [0.1, 0.15) is 32.3 Å². The van der Waals surface area contributed by atoms with E-state index >= 15 is 0 Å². The molecule has 0 aromatic heterocycles. The molecule has 0 bridgehead atoms. The zero-order chi connectivity index (χ0) is 14.1. The summed E-state index contributed by atoms with van der Waals surface area (Å²) in [6.45, 7) is 4.78. The summed E-state index contributed by atoms with van der Waals surface area (Å²) >= 11 is 0. The molecule has 1 atom stereocenters. The second-order valence-corrected chi connectivity index (χ2v) is 4.33. The molecule has 0 saturated carbocycles. The highest BCUT2D eigenvalue weighted by molar-refractivity contribution is 5.75. The number of rotatable bonds is 8. The van der Waals surface area contributed by atoms with E-state index in [1.165, 1.54) is 0 Å². The van der Waals surface area contributed by atoms with Gasteiger partial charge in [0.1, 0.15) is 5.75 Å². The van der Waals surface area contributed by atoms with Gasteiger partial charge in [-0.15, -0.1) is 0 Å². The Kier molecular flexibility index (Phi) is 6.97. The van der Waals surface area contributed by atoms with Crippen molar-refractivity contribution in [2.75, 3.05) is 13.2 Å². The van der Waals surface area contributed by atoms with Gasteiger partial charge in [0, 0.05) is 0 Å². The van der Waals surface area contributed by atoms with Gasteiger partial charge in [-0.1, -0.05) is 25.5 Å². The maximum absolute atomic E-state index is 11.8. The quantitative estimate of drug-likeness (QED) is 0.733. The number of nitrogens with two attached hydrogens (primary N) is 1. The molecule has 1 rings (SSSR count). The Morgan fingerprint density at radius 2 is 2.16 bits per heavy atom. The average Bonchev–Trinajstić information content (AvgIpc) is 2.39. The molecule has 0 amide bonds. The molecule has 0 aliphatic heterocycles. The number of hydrogen-bond donors (Lipinski definition) is 1. The highest BCUT2D eigenvalue weighted by Gasteiger charge is 2.20. The first-order valence-electron chi connectivity index (χ1n) is 6.83. The maximum Gasteiger partial charge on any atom is 0.347 e.